The lowest BCUT2D eigenvalue weighted by atomic mass is 9.91. The monoisotopic (exact) mass is 419 g/mol. The Bertz CT molecular complexity index is 1100. The van der Waals surface area contributed by atoms with Gasteiger partial charge in [-0.05, 0) is 28.8 Å². The number of nitrogens with one attached hydrogen (secondary N) is 1. The fourth-order valence-corrected chi connectivity index (χ4v) is 3.74. The summed E-state index contributed by atoms with van der Waals surface area (Å²) in [7, 11) is 3.20. The van der Waals surface area contributed by atoms with Crippen molar-refractivity contribution in [3.63, 3.8) is 0 Å². The maximum Gasteiger partial charge on any atom is 0.224 e. The van der Waals surface area contributed by atoms with Crippen LogP contribution in [0.2, 0.25) is 5.28 Å². The molecule has 30 heavy (non-hydrogen) atoms. The first kappa shape index (κ1) is 20.0. The molecular weight excluding hydrogens is 398 g/mol. The first-order valence-electron chi connectivity index (χ1n) is 9.62. The average molecular weight is 420 g/mol. The van der Waals surface area contributed by atoms with Crippen LogP contribution in [0.15, 0.2) is 72.8 Å². The number of rotatable bonds is 7. The summed E-state index contributed by atoms with van der Waals surface area (Å²) >= 11 is 6.21. The van der Waals surface area contributed by atoms with Gasteiger partial charge in [0, 0.05) is 23.9 Å². The molecule has 3 aromatic carbocycles. The molecule has 0 spiro atoms. The molecular formula is C24H22ClN3O2. The fraction of sp³-hybridized carbons (Fsp3) is 0.167. The lowest BCUT2D eigenvalue weighted by molar-refractivity contribution is 0.356. The fourth-order valence-electron chi connectivity index (χ4n) is 3.56. The van der Waals surface area contributed by atoms with E-state index in [0.717, 1.165) is 5.39 Å². The van der Waals surface area contributed by atoms with Gasteiger partial charge in [0.05, 0.1) is 19.7 Å². The largest absolute Gasteiger partial charge is 0.493 e. The Morgan fingerprint density at radius 1 is 0.833 bits per heavy atom. The van der Waals surface area contributed by atoms with Crippen LogP contribution in [0.1, 0.15) is 17.0 Å². The molecule has 152 valence electrons. The van der Waals surface area contributed by atoms with Crippen LogP contribution < -0.4 is 14.8 Å². The first-order chi connectivity index (χ1) is 14.7. The Hall–Kier alpha value is -3.31. The van der Waals surface area contributed by atoms with Gasteiger partial charge in [-0.15, -0.1) is 0 Å². The summed E-state index contributed by atoms with van der Waals surface area (Å²) in [5, 5.41) is 4.47. The minimum absolute atomic E-state index is 0.149. The summed E-state index contributed by atoms with van der Waals surface area (Å²) in [6.07, 6.45) is 0. The van der Waals surface area contributed by atoms with E-state index in [1.54, 1.807) is 20.3 Å². The molecule has 0 fully saturated rings. The minimum Gasteiger partial charge on any atom is -0.493 e. The van der Waals surface area contributed by atoms with Gasteiger partial charge in [0.15, 0.2) is 11.5 Å². The van der Waals surface area contributed by atoms with Crippen LogP contribution in [0, 0.1) is 0 Å². The second-order valence-electron chi connectivity index (χ2n) is 6.82. The van der Waals surface area contributed by atoms with Gasteiger partial charge in [-0.3, -0.25) is 0 Å². The van der Waals surface area contributed by atoms with Crippen molar-refractivity contribution >= 4 is 28.3 Å². The molecule has 1 N–H and O–H groups in total. The van der Waals surface area contributed by atoms with Gasteiger partial charge in [-0.1, -0.05) is 60.7 Å². The molecule has 0 amide bonds. The lowest BCUT2D eigenvalue weighted by Gasteiger charge is -2.20. The van der Waals surface area contributed by atoms with E-state index >= 15 is 0 Å². The summed E-state index contributed by atoms with van der Waals surface area (Å²) in [6, 6.07) is 24.5. The molecule has 0 aliphatic rings. The zero-order valence-electron chi connectivity index (χ0n) is 16.8. The van der Waals surface area contributed by atoms with Crippen LogP contribution in [-0.2, 0) is 0 Å². The molecule has 0 aliphatic carbocycles. The maximum atomic E-state index is 6.21. The Morgan fingerprint density at radius 3 is 1.97 bits per heavy atom. The highest BCUT2D eigenvalue weighted by atomic mass is 35.5. The zero-order chi connectivity index (χ0) is 20.9. The van der Waals surface area contributed by atoms with Crippen LogP contribution in [-0.4, -0.2) is 30.7 Å². The maximum absolute atomic E-state index is 6.21. The molecule has 4 aromatic rings. The molecule has 0 atom stereocenters. The quantitative estimate of drug-likeness (QED) is 0.398. The number of anilines is 1. The molecule has 0 bridgehead atoms. The van der Waals surface area contributed by atoms with E-state index in [-0.39, 0.29) is 11.2 Å². The van der Waals surface area contributed by atoms with E-state index < -0.39 is 0 Å². The predicted molar refractivity (Wildman–Crippen MR) is 121 cm³/mol. The van der Waals surface area contributed by atoms with E-state index in [4.69, 9.17) is 21.1 Å². The van der Waals surface area contributed by atoms with Crippen molar-refractivity contribution in [2.45, 2.75) is 5.92 Å². The van der Waals surface area contributed by atoms with Gasteiger partial charge in [-0.2, -0.15) is 0 Å². The Balaban J connectivity index is 1.72. The second-order valence-corrected chi connectivity index (χ2v) is 7.16. The number of fused-ring (bicyclic) bond motifs is 1. The average Bonchev–Trinajstić information content (AvgIpc) is 2.79. The molecule has 4 rings (SSSR count). The van der Waals surface area contributed by atoms with Crippen LogP contribution in [0.3, 0.4) is 0 Å². The third kappa shape index (κ3) is 4.16. The number of hydrogen-bond donors (Lipinski definition) is 1. The van der Waals surface area contributed by atoms with E-state index in [0.29, 0.717) is 29.4 Å². The van der Waals surface area contributed by atoms with Gasteiger partial charge in [0.1, 0.15) is 5.82 Å². The van der Waals surface area contributed by atoms with Crippen molar-refractivity contribution in [1.29, 1.82) is 0 Å². The number of benzene rings is 3. The Labute approximate surface area is 180 Å². The van der Waals surface area contributed by atoms with Crippen LogP contribution in [0.25, 0.3) is 10.9 Å². The third-order valence-electron chi connectivity index (χ3n) is 5.05. The Morgan fingerprint density at radius 2 is 1.40 bits per heavy atom. The van der Waals surface area contributed by atoms with Crippen LogP contribution in [0.4, 0.5) is 5.82 Å². The molecule has 0 unspecified atom stereocenters. The molecule has 0 radical (unpaired) electrons. The number of aromatic nitrogens is 2. The SMILES string of the molecule is COc1cc2nc(Cl)nc(NCC(c3ccccc3)c3ccccc3)c2cc1OC. The lowest BCUT2D eigenvalue weighted by Crippen LogP contribution is -2.15. The smallest absolute Gasteiger partial charge is 0.224 e. The summed E-state index contributed by atoms with van der Waals surface area (Å²) in [5.74, 6) is 2.01. The molecule has 5 nitrogen and oxygen atoms in total. The van der Waals surface area contributed by atoms with Gasteiger partial charge in [0.25, 0.3) is 0 Å². The number of ether oxygens (including phenoxy) is 2. The highest BCUT2D eigenvalue weighted by Gasteiger charge is 2.17. The molecule has 0 saturated heterocycles. The Kier molecular flexibility index (Phi) is 6.00. The van der Waals surface area contributed by atoms with E-state index in [1.807, 2.05) is 18.2 Å². The van der Waals surface area contributed by atoms with E-state index in [9.17, 15) is 0 Å². The summed E-state index contributed by atoms with van der Waals surface area (Å²) < 4.78 is 10.8. The van der Waals surface area contributed by atoms with E-state index in [2.05, 4.69) is 63.8 Å². The zero-order valence-corrected chi connectivity index (χ0v) is 17.6. The van der Waals surface area contributed by atoms with Gasteiger partial charge < -0.3 is 14.8 Å². The first-order valence-corrected chi connectivity index (χ1v) is 10.0. The second kappa shape index (κ2) is 9.01. The number of methoxy groups -OCH3 is 2. The molecule has 1 aromatic heterocycles. The van der Waals surface area contributed by atoms with Crippen molar-refractivity contribution in [3.05, 3.63) is 89.2 Å². The van der Waals surface area contributed by atoms with Gasteiger partial charge in [-0.25, -0.2) is 9.97 Å². The number of nitrogens with zero attached hydrogens (tertiary/aromatic N) is 2. The van der Waals surface area contributed by atoms with Crippen molar-refractivity contribution < 1.29 is 9.47 Å². The summed E-state index contributed by atoms with van der Waals surface area (Å²) in [5.41, 5.74) is 3.13. The molecule has 0 aliphatic heterocycles. The highest BCUT2D eigenvalue weighted by molar-refractivity contribution is 6.28. The number of halogens is 1. The highest BCUT2D eigenvalue weighted by Crippen LogP contribution is 2.35. The van der Waals surface area contributed by atoms with Crippen LogP contribution in [0.5, 0.6) is 11.5 Å². The van der Waals surface area contributed by atoms with Crippen molar-refractivity contribution in [2.24, 2.45) is 0 Å². The molecule has 6 heteroatoms. The standard InChI is InChI=1S/C24H22ClN3O2/c1-29-21-13-18-20(14-22(21)30-2)27-24(25)28-23(18)26-15-19(16-9-5-3-6-10-16)17-11-7-4-8-12-17/h3-14,19H,15H2,1-2H3,(H,26,27,28). The summed E-state index contributed by atoms with van der Waals surface area (Å²) in [4.78, 5) is 8.78. The minimum atomic E-state index is 0.149. The molecule has 0 saturated carbocycles. The third-order valence-corrected chi connectivity index (χ3v) is 5.22. The van der Waals surface area contributed by atoms with Gasteiger partial charge in [0.2, 0.25) is 5.28 Å². The van der Waals surface area contributed by atoms with Crippen molar-refractivity contribution in [2.75, 3.05) is 26.1 Å². The van der Waals surface area contributed by atoms with E-state index in [1.165, 1.54) is 11.1 Å². The van der Waals surface area contributed by atoms with Crippen molar-refractivity contribution in [1.82, 2.24) is 9.97 Å². The number of hydrogen-bond acceptors (Lipinski definition) is 5. The van der Waals surface area contributed by atoms with Crippen molar-refractivity contribution in [3.8, 4) is 11.5 Å². The topological polar surface area (TPSA) is 56.3 Å². The molecule has 1 heterocycles. The predicted octanol–water partition coefficient (Wildman–Crippen LogP) is 5.54. The summed E-state index contributed by atoms with van der Waals surface area (Å²) in [6.45, 7) is 0.644. The van der Waals surface area contributed by atoms with Crippen LogP contribution >= 0.6 is 11.6 Å². The van der Waals surface area contributed by atoms with Gasteiger partial charge >= 0.3 is 0 Å². The normalized spacial score (nSPS) is 10.9.